The van der Waals surface area contributed by atoms with Gasteiger partial charge in [0, 0.05) is 12.1 Å². The maximum atomic E-state index is 13.5. The minimum Gasteiger partial charge on any atom is -0.319 e. The van der Waals surface area contributed by atoms with Crippen LogP contribution < -0.4 is 5.32 Å². The molecule has 0 aliphatic heterocycles. The van der Waals surface area contributed by atoms with Crippen molar-refractivity contribution in [3.63, 3.8) is 0 Å². The van der Waals surface area contributed by atoms with Gasteiger partial charge in [-0.3, -0.25) is 14.9 Å². The fourth-order valence-electron chi connectivity index (χ4n) is 1.60. The van der Waals surface area contributed by atoms with Gasteiger partial charge in [-0.15, -0.1) is 0 Å². The summed E-state index contributed by atoms with van der Waals surface area (Å²) in [6.45, 7) is 0. The Kier molecular flexibility index (Phi) is 4.40. The third-order valence-corrected chi connectivity index (χ3v) is 3.39. The molecule has 1 N–H and O–H groups in total. The second-order valence-electron chi connectivity index (χ2n) is 3.98. The molecule has 5 nitrogen and oxygen atoms in total. The van der Waals surface area contributed by atoms with Crippen molar-refractivity contribution in [1.82, 2.24) is 0 Å². The standard InChI is InChI=1S/C13H7Cl2FN2O3/c14-9-6-7(18(20)21)5-8(12(9)15)13(19)17-11-4-2-1-3-10(11)16/h1-6H,(H,17,19). The number of non-ortho nitro benzene ring substituents is 1. The third-order valence-electron chi connectivity index (χ3n) is 2.59. The van der Waals surface area contributed by atoms with Crippen molar-refractivity contribution in [2.45, 2.75) is 0 Å². The summed E-state index contributed by atoms with van der Waals surface area (Å²) in [5.74, 6) is -1.44. The van der Waals surface area contributed by atoms with Crippen molar-refractivity contribution >= 4 is 40.5 Å². The predicted molar refractivity (Wildman–Crippen MR) is 77.5 cm³/mol. The molecule has 0 unspecified atom stereocenters. The minimum absolute atomic E-state index is 0.0683. The molecule has 0 spiro atoms. The minimum atomic E-state index is -0.796. The Morgan fingerprint density at radius 1 is 1.24 bits per heavy atom. The number of nitrogens with one attached hydrogen (secondary N) is 1. The Labute approximate surface area is 128 Å². The number of hydrogen-bond acceptors (Lipinski definition) is 3. The predicted octanol–water partition coefficient (Wildman–Crippen LogP) is 4.29. The second kappa shape index (κ2) is 6.07. The summed E-state index contributed by atoms with van der Waals surface area (Å²) in [5.41, 5.74) is -0.664. The number of anilines is 1. The van der Waals surface area contributed by atoms with Gasteiger partial charge in [-0.1, -0.05) is 35.3 Å². The van der Waals surface area contributed by atoms with E-state index in [1.807, 2.05) is 0 Å². The molecular weight excluding hydrogens is 322 g/mol. The van der Waals surface area contributed by atoms with E-state index in [4.69, 9.17) is 23.2 Å². The van der Waals surface area contributed by atoms with Crippen LogP contribution in [0.1, 0.15) is 10.4 Å². The largest absolute Gasteiger partial charge is 0.319 e. The van der Waals surface area contributed by atoms with Crippen molar-refractivity contribution in [2.75, 3.05) is 5.32 Å². The lowest BCUT2D eigenvalue weighted by Gasteiger charge is -2.08. The molecule has 2 aromatic carbocycles. The molecule has 0 aromatic heterocycles. The fourth-order valence-corrected chi connectivity index (χ4v) is 2.01. The van der Waals surface area contributed by atoms with E-state index in [9.17, 15) is 19.3 Å². The second-order valence-corrected chi connectivity index (χ2v) is 4.77. The van der Waals surface area contributed by atoms with E-state index in [0.29, 0.717) is 0 Å². The summed E-state index contributed by atoms with van der Waals surface area (Å²) < 4.78 is 13.5. The van der Waals surface area contributed by atoms with E-state index >= 15 is 0 Å². The normalized spacial score (nSPS) is 10.2. The first kappa shape index (κ1) is 15.2. The van der Waals surface area contributed by atoms with E-state index in [0.717, 1.165) is 18.2 Å². The van der Waals surface area contributed by atoms with Crippen LogP contribution in [0, 0.1) is 15.9 Å². The first-order chi connectivity index (χ1) is 9.90. The number of carbonyl (C=O) groups is 1. The van der Waals surface area contributed by atoms with Gasteiger partial charge in [0.25, 0.3) is 11.6 Å². The average molecular weight is 329 g/mol. The lowest BCUT2D eigenvalue weighted by atomic mass is 10.1. The molecule has 0 atom stereocenters. The van der Waals surface area contributed by atoms with Gasteiger partial charge in [0.1, 0.15) is 5.82 Å². The molecule has 0 heterocycles. The van der Waals surface area contributed by atoms with E-state index in [-0.39, 0.29) is 27.0 Å². The fraction of sp³-hybridized carbons (Fsp3) is 0. The van der Waals surface area contributed by atoms with E-state index < -0.39 is 16.6 Å². The van der Waals surface area contributed by atoms with Crippen molar-refractivity contribution in [3.05, 3.63) is 67.9 Å². The number of nitro benzene ring substituents is 1. The molecule has 2 aromatic rings. The number of rotatable bonds is 3. The zero-order valence-corrected chi connectivity index (χ0v) is 11.8. The maximum absolute atomic E-state index is 13.5. The molecule has 0 fully saturated rings. The summed E-state index contributed by atoms with van der Waals surface area (Å²) in [5, 5.41) is 12.8. The molecule has 0 radical (unpaired) electrons. The molecule has 0 saturated heterocycles. The van der Waals surface area contributed by atoms with Gasteiger partial charge >= 0.3 is 0 Å². The topological polar surface area (TPSA) is 72.2 Å². The van der Waals surface area contributed by atoms with Gasteiger partial charge in [0.2, 0.25) is 0 Å². The Bertz CT molecular complexity index is 737. The van der Waals surface area contributed by atoms with Crippen LogP contribution in [0.3, 0.4) is 0 Å². The highest BCUT2D eigenvalue weighted by Gasteiger charge is 2.20. The van der Waals surface area contributed by atoms with Crippen LogP contribution in [0.4, 0.5) is 15.8 Å². The molecular formula is C13H7Cl2FN2O3. The number of halogens is 3. The van der Waals surface area contributed by atoms with Crippen LogP contribution in [0.25, 0.3) is 0 Å². The molecule has 1 amide bonds. The zero-order valence-electron chi connectivity index (χ0n) is 10.3. The monoisotopic (exact) mass is 328 g/mol. The van der Waals surface area contributed by atoms with Gasteiger partial charge in [0.05, 0.1) is 26.2 Å². The summed E-state index contributed by atoms with van der Waals surface area (Å²) in [6.07, 6.45) is 0. The first-order valence-corrected chi connectivity index (χ1v) is 6.35. The summed E-state index contributed by atoms with van der Waals surface area (Å²) in [7, 11) is 0. The number of benzene rings is 2. The number of nitro groups is 1. The zero-order chi connectivity index (χ0) is 15.6. The van der Waals surface area contributed by atoms with E-state index in [1.165, 1.54) is 18.2 Å². The van der Waals surface area contributed by atoms with Crippen molar-refractivity contribution < 1.29 is 14.1 Å². The Morgan fingerprint density at radius 2 is 1.90 bits per heavy atom. The summed E-state index contributed by atoms with van der Waals surface area (Å²) in [4.78, 5) is 22.1. The smallest absolute Gasteiger partial charge is 0.271 e. The molecule has 21 heavy (non-hydrogen) atoms. The summed E-state index contributed by atoms with van der Waals surface area (Å²) >= 11 is 11.6. The number of para-hydroxylation sites is 1. The number of nitrogens with zero attached hydrogens (tertiary/aromatic N) is 1. The van der Waals surface area contributed by atoms with Gasteiger partial charge in [-0.2, -0.15) is 0 Å². The van der Waals surface area contributed by atoms with Gasteiger partial charge in [-0.25, -0.2) is 4.39 Å². The lowest BCUT2D eigenvalue weighted by molar-refractivity contribution is -0.384. The Morgan fingerprint density at radius 3 is 2.52 bits per heavy atom. The molecule has 108 valence electrons. The molecule has 0 bridgehead atoms. The maximum Gasteiger partial charge on any atom is 0.271 e. The highest BCUT2D eigenvalue weighted by molar-refractivity contribution is 6.44. The molecule has 8 heteroatoms. The SMILES string of the molecule is O=C(Nc1ccccc1F)c1cc([N+](=O)[O-])cc(Cl)c1Cl. The molecule has 0 saturated carbocycles. The Balaban J connectivity index is 2.39. The van der Waals surface area contributed by atoms with Crippen LogP contribution in [-0.2, 0) is 0 Å². The Hall–Kier alpha value is -2.18. The number of amides is 1. The highest BCUT2D eigenvalue weighted by Crippen LogP contribution is 2.31. The summed E-state index contributed by atoms with van der Waals surface area (Å²) in [6, 6.07) is 7.51. The van der Waals surface area contributed by atoms with Crippen LogP contribution >= 0.6 is 23.2 Å². The first-order valence-electron chi connectivity index (χ1n) is 5.59. The molecule has 2 rings (SSSR count). The lowest BCUT2D eigenvalue weighted by Crippen LogP contribution is -2.14. The van der Waals surface area contributed by atoms with Crippen molar-refractivity contribution in [2.24, 2.45) is 0 Å². The quantitative estimate of drug-likeness (QED) is 0.674. The number of carbonyl (C=O) groups excluding carboxylic acids is 1. The van der Waals surface area contributed by atoms with Crippen LogP contribution in [-0.4, -0.2) is 10.8 Å². The van der Waals surface area contributed by atoms with Crippen LogP contribution in [0.5, 0.6) is 0 Å². The highest BCUT2D eigenvalue weighted by atomic mass is 35.5. The van der Waals surface area contributed by atoms with E-state index in [1.54, 1.807) is 0 Å². The molecule has 0 aliphatic rings. The average Bonchev–Trinajstić information content (AvgIpc) is 2.43. The van der Waals surface area contributed by atoms with Crippen molar-refractivity contribution in [3.8, 4) is 0 Å². The van der Waals surface area contributed by atoms with Gasteiger partial charge < -0.3 is 5.32 Å². The van der Waals surface area contributed by atoms with Gasteiger partial charge in [-0.05, 0) is 12.1 Å². The van der Waals surface area contributed by atoms with E-state index in [2.05, 4.69) is 5.32 Å². The van der Waals surface area contributed by atoms with Crippen LogP contribution in [0.15, 0.2) is 36.4 Å². The molecule has 0 aliphatic carbocycles. The van der Waals surface area contributed by atoms with Crippen molar-refractivity contribution in [1.29, 1.82) is 0 Å². The van der Waals surface area contributed by atoms with Gasteiger partial charge in [0.15, 0.2) is 0 Å². The number of hydrogen-bond donors (Lipinski definition) is 1. The van der Waals surface area contributed by atoms with Crippen LogP contribution in [0.2, 0.25) is 10.0 Å². The third kappa shape index (κ3) is 3.29.